The SMILES string of the molecule is C[C@H]1O[C@@H](O[C@H]2[C@H](OCc3ccccc3)[C@@H](OCc3ccccc3)[C@@H](O[C@@H]3[C@@H](COCc4ccccc4)N(C(=O)O)C[C@H]3OCc3ccccc3)O[C@@H]2COCc2ccccc2)[C@H](OCc2ccccc2)[C@@H](OCc2ccccc2)[C@@H]1OCc1ccccc1. The second-order valence-electron chi connectivity index (χ2n) is 22.6. The number of hydrogen-bond donors (Lipinski definition) is 1. The van der Waals surface area contributed by atoms with E-state index in [2.05, 4.69) is 0 Å². The second kappa shape index (κ2) is 32.9. The summed E-state index contributed by atoms with van der Waals surface area (Å²) in [5.74, 6) is 0. The number of carbonyl (C=O) groups is 1. The monoisotopic (exact) mass is 1210 g/mol. The van der Waals surface area contributed by atoms with Gasteiger partial charge in [-0.2, -0.15) is 0 Å². The zero-order valence-corrected chi connectivity index (χ0v) is 50.1. The second-order valence-corrected chi connectivity index (χ2v) is 22.6. The van der Waals surface area contributed by atoms with Gasteiger partial charge in [0.05, 0.1) is 84.8 Å². The fourth-order valence-corrected chi connectivity index (χ4v) is 11.6. The number of rotatable bonds is 30. The molecular weight excluding hydrogens is 1130 g/mol. The Bertz CT molecular complexity index is 3270. The molecule has 0 aliphatic carbocycles. The van der Waals surface area contributed by atoms with E-state index in [1.165, 1.54) is 4.90 Å². The average molecular weight is 1210 g/mol. The van der Waals surface area contributed by atoms with Gasteiger partial charge in [0.25, 0.3) is 0 Å². The fraction of sp³-hybridized carbons (Fsp3) is 0.338. The molecule has 15 nitrogen and oxygen atoms in total. The van der Waals surface area contributed by atoms with Gasteiger partial charge in [-0.25, -0.2) is 4.79 Å². The molecule has 3 saturated heterocycles. The zero-order chi connectivity index (χ0) is 60.8. The Kier molecular flexibility index (Phi) is 23.3. The van der Waals surface area contributed by atoms with Crippen molar-refractivity contribution < 1.29 is 66.7 Å². The summed E-state index contributed by atoms with van der Waals surface area (Å²) in [5, 5.41) is 11.0. The van der Waals surface area contributed by atoms with Gasteiger partial charge in [-0.05, 0) is 51.4 Å². The molecule has 0 aromatic heterocycles. The van der Waals surface area contributed by atoms with Crippen LogP contribution in [-0.4, -0.2) is 116 Å². The maximum atomic E-state index is 13.5. The third kappa shape index (κ3) is 17.9. The van der Waals surface area contributed by atoms with E-state index in [-0.39, 0.29) is 66.0 Å². The van der Waals surface area contributed by atoms with E-state index < -0.39 is 85.8 Å². The van der Waals surface area contributed by atoms with E-state index >= 15 is 0 Å². The van der Waals surface area contributed by atoms with Gasteiger partial charge in [-0.15, -0.1) is 0 Å². The summed E-state index contributed by atoms with van der Waals surface area (Å²) in [6, 6.07) is 78.3. The summed E-state index contributed by atoms with van der Waals surface area (Å²) in [4.78, 5) is 14.8. The highest BCUT2D eigenvalue weighted by Crippen LogP contribution is 2.39. The highest BCUT2D eigenvalue weighted by atomic mass is 16.8. The summed E-state index contributed by atoms with van der Waals surface area (Å²) < 4.78 is 84.9. The van der Waals surface area contributed by atoms with E-state index in [0.717, 1.165) is 44.5 Å². The van der Waals surface area contributed by atoms with E-state index in [9.17, 15) is 9.90 Å². The number of carboxylic acid groups (broad SMARTS) is 1. The standard InChI is InChI=1S/C74H79NO14/c1-53-65(81-46-57-32-16-5-17-33-57)68(82-47-58-34-18-6-19-35-58)70(84-49-60-38-22-8-23-39-60)72(86-53)89-67-64(52-79-44-55-28-12-3-13-29-55)87-73(71(85-50-61-40-24-9-25-41-61)69(67)83-48-59-36-20-7-21-37-59)88-66-62(51-78-43-54-26-10-2-11-27-54)75(74(76)77)42-63(66)80-45-56-30-14-4-15-31-56/h2-41,53,62-73H,42-52H2,1H3,(H,76,77)/t53-,62-,63-,64-,65-,66-,67-,68+,69+,70-,71-,72+,73-/m1/s1. The molecule has 11 rings (SSSR count). The molecule has 15 heteroatoms. The van der Waals surface area contributed by atoms with Crippen LogP contribution in [0.3, 0.4) is 0 Å². The van der Waals surface area contributed by atoms with Crippen molar-refractivity contribution in [1.82, 2.24) is 4.90 Å². The molecule has 3 heterocycles. The predicted molar refractivity (Wildman–Crippen MR) is 334 cm³/mol. The van der Waals surface area contributed by atoms with Crippen molar-refractivity contribution in [2.75, 3.05) is 19.8 Å². The first-order chi connectivity index (χ1) is 43.9. The third-order valence-electron chi connectivity index (χ3n) is 16.2. The van der Waals surface area contributed by atoms with Crippen LogP contribution in [0.1, 0.15) is 51.4 Å². The summed E-state index contributed by atoms with van der Waals surface area (Å²) in [6.07, 6.45) is -12.2. The molecule has 8 aromatic rings. The topological polar surface area (TPSA) is 151 Å². The zero-order valence-electron chi connectivity index (χ0n) is 50.1. The lowest BCUT2D eigenvalue weighted by Crippen LogP contribution is -2.66. The van der Waals surface area contributed by atoms with Crippen LogP contribution in [0.5, 0.6) is 0 Å². The lowest BCUT2D eigenvalue weighted by atomic mass is 9.95. The number of ether oxygens (including phenoxy) is 12. The minimum absolute atomic E-state index is 0.0110. The smallest absolute Gasteiger partial charge is 0.407 e. The minimum atomic E-state index is -1.25. The van der Waals surface area contributed by atoms with Crippen molar-refractivity contribution in [3.05, 3.63) is 287 Å². The molecule has 1 N–H and O–H groups in total. The molecule has 0 spiro atoms. The Morgan fingerprint density at radius 1 is 0.371 bits per heavy atom. The summed E-state index contributed by atoms with van der Waals surface area (Å²) in [6.45, 7) is 3.55. The van der Waals surface area contributed by atoms with Gasteiger partial charge in [0.2, 0.25) is 0 Å². The minimum Gasteiger partial charge on any atom is -0.465 e. The average Bonchev–Trinajstić information content (AvgIpc) is 1.77. The van der Waals surface area contributed by atoms with E-state index in [1.807, 2.05) is 250 Å². The Morgan fingerprint density at radius 2 is 0.674 bits per heavy atom. The quantitative estimate of drug-likeness (QED) is 0.0455. The lowest BCUT2D eigenvalue weighted by molar-refractivity contribution is -0.379. The van der Waals surface area contributed by atoms with Gasteiger partial charge in [0.1, 0.15) is 54.9 Å². The van der Waals surface area contributed by atoms with Crippen molar-refractivity contribution in [2.45, 2.75) is 139 Å². The first-order valence-corrected chi connectivity index (χ1v) is 30.7. The van der Waals surface area contributed by atoms with Gasteiger partial charge < -0.3 is 61.9 Å². The molecule has 0 radical (unpaired) electrons. The van der Waals surface area contributed by atoms with Gasteiger partial charge in [0.15, 0.2) is 12.6 Å². The fourth-order valence-electron chi connectivity index (χ4n) is 11.6. The summed E-state index contributed by atoms with van der Waals surface area (Å²) in [7, 11) is 0. The third-order valence-corrected chi connectivity index (χ3v) is 16.2. The van der Waals surface area contributed by atoms with Gasteiger partial charge >= 0.3 is 6.09 Å². The first kappa shape index (κ1) is 63.1. The Hall–Kier alpha value is -7.45. The van der Waals surface area contributed by atoms with Crippen LogP contribution in [0.4, 0.5) is 4.79 Å². The molecule has 464 valence electrons. The van der Waals surface area contributed by atoms with Crippen molar-refractivity contribution in [3.8, 4) is 0 Å². The largest absolute Gasteiger partial charge is 0.465 e. The van der Waals surface area contributed by atoms with E-state index in [1.54, 1.807) is 0 Å². The van der Waals surface area contributed by atoms with Gasteiger partial charge in [-0.1, -0.05) is 243 Å². The normalized spacial score (nSPS) is 25.2. The lowest BCUT2D eigenvalue weighted by Gasteiger charge is -2.50. The van der Waals surface area contributed by atoms with Crippen LogP contribution in [0.25, 0.3) is 0 Å². The number of likely N-dealkylation sites (tertiary alicyclic amines) is 1. The Balaban J connectivity index is 0.993. The van der Waals surface area contributed by atoms with Crippen molar-refractivity contribution >= 4 is 6.09 Å². The Morgan fingerprint density at radius 3 is 1.06 bits per heavy atom. The molecular formula is C74H79NO14. The van der Waals surface area contributed by atoms with Crippen LogP contribution in [-0.2, 0) is 110 Å². The molecule has 3 aliphatic heterocycles. The van der Waals surface area contributed by atoms with Crippen LogP contribution in [0.2, 0.25) is 0 Å². The van der Waals surface area contributed by atoms with Crippen molar-refractivity contribution in [3.63, 3.8) is 0 Å². The highest BCUT2D eigenvalue weighted by molar-refractivity contribution is 5.66. The molecule has 3 fully saturated rings. The van der Waals surface area contributed by atoms with Gasteiger partial charge in [-0.3, -0.25) is 4.90 Å². The predicted octanol–water partition coefficient (Wildman–Crippen LogP) is 12.5. The molecule has 0 saturated carbocycles. The molecule has 0 bridgehead atoms. The maximum Gasteiger partial charge on any atom is 0.407 e. The van der Waals surface area contributed by atoms with Crippen LogP contribution < -0.4 is 0 Å². The molecule has 89 heavy (non-hydrogen) atoms. The number of amides is 1. The summed E-state index contributed by atoms with van der Waals surface area (Å²) >= 11 is 0. The molecule has 3 aliphatic rings. The van der Waals surface area contributed by atoms with Crippen LogP contribution in [0, 0.1) is 0 Å². The molecule has 0 unspecified atom stereocenters. The molecule has 1 amide bonds. The van der Waals surface area contributed by atoms with Crippen LogP contribution in [0.15, 0.2) is 243 Å². The number of benzene rings is 8. The highest BCUT2D eigenvalue weighted by Gasteiger charge is 2.56. The first-order valence-electron chi connectivity index (χ1n) is 30.7. The number of hydrogen-bond acceptors (Lipinski definition) is 13. The molecule has 8 aromatic carbocycles. The maximum absolute atomic E-state index is 13.5. The van der Waals surface area contributed by atoms with Crippen molar-refractivity contribution in [1.29, 1.82) is 0 Å². The van der Waals surface area contributed by atoms with Crippen LogP contribution >= 0.6 is 0 Å². The Labute approximate surface area is 521 Å². The molecule has 13 atom stereocenters. The summed E-state index contributed by atoms with van der Waals surface area (Å²) in [5.41, 5.74) is 7.46. The number of nitrogens with zero attached hydrogens (tertiary/aromatic N) is 1. The van der Waals surface area contributed by atoms with Gasteiger partial charge in [0, 0.05) is 0 Å². The van der Waals surface area contributed by atoms with E-state index in [4.69, 9.17) is 56.8 Å². The van der Waals surface area contributed by atoms with Crippen molar-refractivity contribution in [2.24, 2.45) is 0 Å². The van der Waals surface area contributed by atoms with E-state index in [0.29, 0.717) is 6.61 Å².